The second-order valence-corrected chi connectivity index (χ2v) is 2.57. The molecule has 0 aromatic carbocycles. The SMILES string of the molecule is CCC(C)(C)NN=C=N. The highest BCUT2D eigenvalue weighted by atomic mass is 15.3. The standard InChI is InChI=1S/C6H13N3/c1-4-6(2,3)9-8-5-7/h7,9H,4H2,1-3H3. The summed E-state index contributed by atoms with van der Waals surface area (Å²) in [5.41, 5.74) is 2.78. The lowest BCUT2D eigenvalue weighted by atomic mass is 10.0. The van der Waals surface area contributed by atoms with E-state index >= 15 is 0 Å². The molecule has 0 radical (unpaired) electrons. The lowest BCUT2D eigenvalue weighted by molar-refractivity contribution is 0.388. The van der Waals surface area contributed by atoms with E-state index in [-0.39, 0.29) is 5.54 Å². The van der Waals surface area contributed by atoms with Crippen molar-refractivity contribution in [1.82, 2.24) is 5.43 Å². The second-order valence-electron chi connectivity index (χ2n) is 2.57. The molecular formula is C6H13N3. The van der Waals surface area contributed by atoms with Gasteiger partial charge in [-0.3, -0.25) is 5.43 Å². The Morgan fingerprint density at radius 1 is 1.67 bits per heavy atom. The van der Waals surface area contributed by atoms with E-state index in [0.29, 0.717) is 0 Å². The predicted octanol–water partition coefficient (Wildman–Crippen LogP) is 1.43. The van der Waals surface area contributed by atoms with Gasteiger partial charge >= 0.3 is 0 Å². The van der Waals surface area contributed by atoms with Gasteiger partial charge in [0.2, 0.25) is 0 Å². The Balaban J connectivity index is 3.71. The molecule has 9 heavy (non-hydrogen) atoms. The molecule has 0 aromatic rings. The van der Waals surface area contributed by atoms with E-state index in [2.05, 4.69) is 17.5 Å². The fraction of sp³-hybridized carbons (Fsp3) is 0.833. The zero-order valence-electron chi connectivity index (χ0n) is 6.15. The van der Waals surface area contributed by atoms with Gasteiger partial charge in [-0.15, -0.1) is 5.10 Å². The smallest absolute Gasteiger partial charge is 0.111 e. The topological polar surface area (TPSA) is 48.2 Å². The molecule has 0 aliphatic heterocycles. The number of nitrogens with one attached hydrogen (secondary N) is 2. The van der Waals surface area contributed by atoms with Crippen LogP contribution in [0.1, 0.15) is 27.2 Å². The molecule has 2 N–H and O–H groups in total. The first-order chi connectivity index (χ1) is 4.12. The fourth-order valence-corrected chi connectivity index (χ4v) is 0.258. The van der Waals surface area contributed by atoms with Crippen LogP contribution in [0.5, 0.6) is 0 Å². The molecule has 0 saturated carbocycles. The van der Waals surface area contributed by atoms with Crippen LogP contribution in [0.25, 0.3) is 0 Å². The van der Waals surface area contributed by atoms with Crippen LogP contribution in [0.3, 0.4) is 0 Å². The molecule has 3 heteroatoms. The van der Waals surface area contributed by atoms with Crippen LogP contribution >= 0.6 is 0 Å². The highest BCUT2D eigenvalue weighted by molar-refractivity contribution is 5.35. The molecule has 0 aromatic heterocycles. The van der Waals surface area contributed by atoms with Crippen LogP contribution in [0.2, 0.25) is 0 Å². The molecule has 3 nitrogen and oxygen atoms in total. The highest BCUT2D eigenvalue weighted by Crippen LogP contribution is 2.05. The van der Waals surface area contributed by atoms with Gasteiger partial charge in [0.1, 0.15) is 6.01 Å². The molecule has 0 fully saturated rings. The quantitative estimate of drug-likeness (QED) is 0.437. The number of hydrazone groups is 1. The van der Waals surface area contributed by atoms with E-state index in [1.807, 2.05) is 19.9 Å². The Kier molecular flexibility index (Phi) is 2.96. The van der Waals surface area contributed by atoms with Gasteiger partial charge in [-0.2, -0.15) is 0 Å². The summed E-state index contributed by atoms with van der Waals surface area (Å²) in [6.45, 7) is 6.11. The summed E-state index contributed by atoms with van der Waals surface area (Å²) < 4.78 is 0. The van der Waals surface area contributed by atoms with Crippen molar-refractivity contribution in [3.8, 4) is 0 Å². The second kappa shape index (κ2) is 3.25. The van der Waals surface area contributed by atoms with E-state index in [0.717, 1.165) is 6.42 Å². The molecule has 0 heterocycles. The first-order valence-electron chi connectivity index (χ1n) is 3.01. The Labute approximate surface area is 55.7 Å². The average Bonchev–Trinajstić information content (AvgIpc) is 1.84. The van der Waals surface area contributed by atoms with Crippen molar-refractivity contribution >= 4 is 6.01 Å². The summed E-state index contributed by atoms with van der Waals surface area (Å²) in [7, 11) is 0. The van der Waals surface area contributed by atoms with E-state index in [4.69, 9.17) is 5.41 Å². The summed E-state index contributed by atoms with van der Waals surface area (Å²) in [4.78, 5) is 0. The van der Waals surface area contributed by atoms with Crippen LogP contribution in [-0.2, 0) is 0 Å². The maximum atomic E-state index is 6.48. The Bertz CT molecular complexity index is 122. The number of nitrogens with zero attached hydrogens (tertiary/aromatic N) is 1. The van der Waals surface area contributed by atoms with Crippen molar-refractivity contribution < 1.29 is 0 Å². The highest BCUT2D eigenvalue weighted by Gasteiger charge is 2.11. The number of hydrogen-bond donors (Lipinski definition) is 2. The van der Waals surface area contributed by atoms with Gasteiger partial charge in [0.25, 0.3) is 0 Å². The normalized spacial score (nSPS) is 10.1. The molecule has 0 spiro atoms. The zero-order chi connectivity index (χ0) is 7.33. The molecule has 52 valence electrons. The van der Waals surface area contributed by atoms with Gasteiger partial charge in [-0.05, 0) is 20.3 Å². The summed E-state index contributed by atoms with van der Waals surface area (Å²) in [6.07, 6.45) is 0.984. The first-order valence-corrected chi connectivity index (χ1v) is 3.01. The van der Waals surface area contributed by atoms with E-state index in [1.54, 1.807) is 0 Å². The van der Waals surface area contributed by atoms with Crippen LogP contribution < -0.4 is 5.43 Å². The fourth-order valence-electron chi connectivity index (χ4n) is 0.258. The van der Waals surface area contributed by atoms with Gasteiger partial charge in [-0.25, -0.2) is 5.41 Å². The van der Waals surface area contributed by atoms with Gasteiger partial charge in [0, 0.05) is 5.54 Å². The maximum absolute atomic E-state index is 6.48. The summed E-state index contributed by atoms with van der Waals surface area (Å²) in [6, 6.07) is 1.92. The summed E-state index contributed by atoms with van der Waals surface area (Å²) >= 11 is 0. The van der Waals surface area contributed by atoms with Gasteiger partial charge in [-0.1, -0.05) is 6.92 Å². The van der Waals surface area contributed by atoms with Crippen LogP contribution in [0.15, 0.2) is 5.10 Å². The molecule has 0 rings (SSSR count). The molecule has 0 amide bonds. The molecule has 0 atom stereocenters. The third kappa shape index (κ3) is 3.74. The molecule has 0 aliphatic carbocycles. The van der Waals surface area contributed by atoms with Gasteiger partial charge in [0.15, 0.2) is 0 Å². The zero-order valence-corrected chi connectivity index (χ0v) is 6.15. The third-order valence-corrected chi connectivity index (χ3v) is 1.30. The van der Waals surface area contributed by atoms with Crippen molar-refractivity contribution in [2.24, 2.45) is 5.10 Å². The van der Waals surface area contributed by atoms with E-state index < -0.39 is 0 Å². The van der Waals surface area contributed by atoms with Crippen LogP contribution in [-0.4, -0.2) is 11.5 Å². The van der Waals surface area contributed by atoms with Crippen molar-refractivity contribution in [2.75, 3.05) is 0 Å². The van der Waals surface area contributed by atoms with Crippen molar-refractivity contribution in [3.63, 3.8) is 0 Å². The largest absolute Gasteiger partial charge is 0.295 e. The van der Waals surface area contributed by atoms with Gasteiger partial charge in [0.05, 0.1) is 0 Å². The summed E-state index contributed by atoms with van der Waals surface area (Å²) in [5.74, 6) is 0. The monoisotopic (exact) mass is 127 g/mol. The minimum absolute atomic E-state index is 0.00590. The minimum Gasteiger partial charge on any atom is -0.295 e. The third-order valence-electron chi connectivity index (χ3n) is 1.30. The number of rotatable bonds is 3. The lowest BCUT2D eigenvalue weighted by Gasteiger charge is -2.20. The van der Waals surface area contributed by atoms with E-state index in [9.17, 15) is 0 Å². The molecule has 0 unspecified atom stereocenters. The lowest BCUT2D eigenvalue weighted by Crippen LogP contribution is -2.34. The number of hydrogen-bond acceptors (Lipinski definition) is 3. The van der Waals surface area contributed by atoms with Gasteiger partial charge < -0.3 is 0 Å². The first kappa shape index (κ1) is 8.18. The van der Waals surface area contributed by atoms with Crippen molar-refractivity contribution in [1.29, 1.82) is 5.41 Å². The molecule has 0 aliphatic rings. The van der Waals surface area contributed by atoms with Crippen LogP contribution in [0.4, 0.5) is 0 Å². The maximum Gasteiger partial charge on any atom is 0.111 e. The predicted molar refractivity (Wildman–Crippen MR) is 37.7 cm³/mol. The summed E-state index contributed by atoms with van der Waals surface area (Å²) in [5, 5.41) is 9.96. The Hall–Kier alpha value is -0.820. The molecule has 0 saturated heterocycles. The van der Waals surface area contributed by atoms with Crippen molar-refractivity contribution in [2.45, 2.75) is 32.7 Å². The minimum atomic E-state index is -0.00590. The Morgan fingerprint density at radius 3 is 2.56 bits per heavy atom. The molecule has 0 bridgehead atoms. The Morgan fingerprint density at radius 2 is 2.22 bits per heavy atom. The average molecular weight is 127 g/mol. The van der Waals surface area contributed by atoms with E-state index in [1.165, 1.54) is 0 Å². The molecular weight excluding hydrogens is 114 g/mol. The van der Waals surface area contributed by atoms with Crippen molar-refractivity contribution in [3.05, 3.63) is 0 Å². The van der Waals surface area contributed by atoms with Crippen LogP contribution in [0, 0.1) is 5.41 Å².